The second kappa shape index (κ2) is 6.32. The lowest BCUT2D eigenvalue weighted by molar-refractivity contribution is -0.917. The Kier molecular flexibility index (Phi) is 4.88. The molecule has 2 heterocycles. The zero-order chi connectivity index (χ0) is 14.2. The molecule has 5 nitrogen and oxygen atoms in total. The molecule has 1 aromatic carbocycles. The Bertz CT molecular complexity index is 520. The Morgan fingerprint density at radius 3 is 2.29 bits per heavy atom. The van der Waals surface area contributed by atoms with Gasteiger partial charge in [0.25, 0.3) is 5.69 Å². The third-order valence-electron chi connectivity index (χ3n) is 4.83. The molecule has 0 radical (unpaired) electrons. The molecule has 0 saturated carbocycles. The third kappa shape index (κ3) is 3.37. The summed E-state index contributed by atoms with van der Waals surface area (Å²) >= 11 is 0. The maximum Gasteiger partial charge on any atom is 0.271 e. The highest BCUT2D eigenvalue weighted by Crippen LogP contribution is 2.28. The van der Waals surface area contributed by atoms with E-state index in [9.17, 15) is 10.1 Å². The molecule has 21 heavy (non-hydrogen) atoms. The van der Waals surface area contributed by atoms with Gasteiger partial charge in [-0.3, -0.25) is 10.1 Å². The van der Waals surface area contributed by atoms with E-state index in [0.717, 1.165) is 24.3 Å². The average molecular weight is 356 g/mol. The molecule has 6 heteroatoms. The van der Waals surface area contributed by atoms with E-state index in [-0.39, 0.29) is 27.6 Å². The number of non-ortho nitro benzene ring substituents is 1. The van der Waals surface area contributed by atoms with Crippen LogP contribution in [0.4, 0.5) is 11.4 Å². The summed E-state index contributed by atoms with van der Waals surface area (Å²) in [4.78, 5) is 13.0. The quantitative estimate of drug-likeness (QED) is 0.402. The van der Waals surface area contributed by atoms with Crippen LogP contribution in [0.1, 0.15) is 18.4 Å². The number of aryl methyl sites for hydroxylation is 1. The molecule has 116 valence electrons. The molecule has 2 saturated heterocycles. The van der Waals surface area contributed by atoms with Crippen LogP contribution in [0.5, 0.6) is 0 Å². The molecular weight excluding hydrogens is 334 g/mol. The smallest absolute Gasteiger partial charge is 0.271 e. The van der Waals surface area contributed by atoms with E-state index in [0.29, 0.717) is 0 Å². The van der Waals surface area contributed by atoms with E-state index in [1.54, 1.807) is 12.1 Å². The molecule has 0 aliphatic carbocycles. The van der Waals surface area contributed by atoms with Crippen LogP contribution in [-0.2, 0) is 0 Å². The van der Waals surface area contributed by atoms with E-state index in [1.807, 2.05) is 6.92 Å². The zero-order valence-corrected chi connectivity index (χ0v) is 14.0. The number of nitro benzene ring substituents is 1. The van der Waals surface area contributed by atoms with Crippen molar-refractivity contribution in [2.45, 2.75) is 19.8 Å². The lowest BCUT2D eigenvalue weighted by Gasteiger charge is -2.42. The van der Waals surface area contributed by atoms with Crippen molar-refractivity contribution < 1.29 is 26.4 Å². The molecule has 0 unspecified atom stereocenters. The Labute approximate surface area is 136 Å². The Hall–Kier alpha value is -1.14. The summed E-state index contributed by atoms with van der Waals surface area (Å²) < 4.78 is 1.27. The number of hydrogen-bond acceptors (Lipinski definition) is 3. The number of nitrogens with zero attached hydrogens (tertiary/aromatic N) is 3. The summed E-state index contributed by atoms with van der Waals surface area (Å²) in [6, 6.07) is 5.42. The molecule has 1 aromatic rings. The van der Waals surface area contributed by atoms with Crippen molar-refractivity contribution >= 4 is 11.4 Å². The highest BCUT2D eigenvalue weighted by molar-refractivity contribution is 5.55. The van der Waals surface area contributed by atoms with Crippen molar-refractivity contribution in [1.29, 1.82) is 0 Å². The van der Waals surface area contributed by atoms with Gasteiger partial charge in [-0.1, -0.05) is 0 Å². The lowest BCUT2D eigenvalue weighted by Crippen LogP contribution is -3.00. The van der Waals surface area contributed by atoms with Gasteiger partial charge in [0.1, 0.15) is 0 Å². The van der Waals surface area contributed by atoms with Crippen LogP contribution >= 0.6 is 0 Å². The van der Waals surface area contributed by atoms with Gasteiger partial charge in [-0.25, -0.2) is 0 Å². The predicted molar refractivity (Wildman–Crippen MR) is 79.0 cm³/mol. The lowest BCUT2D eigenvalue weighted by atomic mass is 10.1. The first-order valence-electron chi connectivity index (χ1n) is 7.44. The molecule has 0 atom stereocenters. The van der Waals surface area contributed by atoms with E-state index < -0.39 is 0 Å². The van der Waals surface area contributed by atoms with E-state index >= 15 is 0 Å². The minimum Gasteiger partial charge on any atom is -1.00 e. The maximum absolute atomic E-state index is 11.0. The molecule has 1 spiro atoms. The highest BCUT2D eigenvalue weighted by Gasteiger charge is 2.35. The van der Waals surface area contributed by atoms with Gasteiger partial charge in [0.05, 0.1) is 44.2 Å². The van der Waals surface area contributed by atoms with Crippen molar-refractivity contribution in [2.75, 3.05) is 44.2 Å². The molecule has 0 aromatic heterocycles. The van der Waals surface area contributed by atoms with Gasteiger partial charge in [-0.2, -0.15) is 0 Å². The molecule has 0 N–H and O–H groups in total. The van der Waals surface area contributed by atoms with Gasteiger partial charge in [-0.05, 0) is 18.6 Å². The van der Waals surface area contributed by atoms with Crippen molar-refractivity contribution in [1.82, 2.24) is 0 Å². The fourth-order valence-corrected chi connectivity index (χ4v) is 3.63. The number of rotatable bonds is 2. The minimum absolute atomic E-state index is 0. The summed E-state index contributed by atoms with van der Waals surface area (Å²) in [6.45, 7) is 8.96. The van der Waals surface area contributed by atoms with Crippen LogP contribution in [0.15, 0.2) is 18.2 Å². The van der Waals surface area contributed by atoms with Crippen LogP contribution in [0.2, 0.25) is 0 Å². The number of nitro groups is 1. The number of hydrogen-bond donors (Lipinski definition) is 0. The molecule has 3 rings (SSSR count). The van der Waals surface area contributed by atoms with Gasteiger partial charge in [0, 0.05) is 30.7 Å². The molecule has 0 bridgehead atoms. The first kappa shape index (κ1) is 16.2. The van der Waals surface area contributed by atoms with Gasteiger partial charge in [0.15, 0.2) is 0 Å². The number of halogens is 1. The molecule has 0 amide bonds. The zero-order valence-electron chi connectivity index (χ0n) is 12.4. The topological polar surface area (TPSA) is 46.4 Å². The number of benzene rings is 1. The number of quaternary nitrogens is 1. The van der Waals surface area contributed by atoms with Gasteiger partial charge >= 0.3 is 0 Å². The molecule has 2 aliphatic rings. The van der Waals surface area contributed by atoms with Crippen molar-refractivity contribution in [3.8, 4) is 0 Å². The van der Waals surface area contributed by atoms with Crippen LogP contribution in [0.3, 0.4) is 0 Å². The third-order valence-corrected chi connectivity index (χ3v) is 4.83. The Morgan fingerprint density at radius 1 is 1.10 bits per heavy atom. The van der Waals surface area contributed by atoms with Gasteiger partial charge < -0.3 is 26.4 Å². The van der Waals surface area contributed by atoms with Crippen molar-refractivity contribution in [3.05, 3.63) is 33.9 Å². The predicted octanol–water partition coefficient (Wildman–Crippen LogP) is -0.662. The summed E-state index contributed by atoms with van der Waals surface area (Å²) in [5.41, 5.74) is 2.18. The standard InChI is InChI=1S/C15H22N3O2.BrH/c1-13-10-14(12-15(11-13)17(19)20)16-4-8-18(9-5-16)6-2-3-7-18;/h10-12H,2-9H2,1H3;1H/q+1;/p-1. The van der Waals surface area contributed by atoms with Crippen molar-refractivity contribution in [3.63, 3.8) is 0 Å². The Balaban J connectivity index is 0.00000161. The van der Waals surface area contributed by atoms with Crippen LogP contribution in [0.25, 0.3) is 0 Å². The van der Waals surface area contributed by atoms with Crippen molar-refractivity contribution in [2.24, 2.45) is 0 Å². The first-order valence-corrected chi connectivity index (χ1v) is 7.44. The first-order chi connectivity index (χ1) is 9.58. The summed E-state index contributed by atoms with van der Waals surface area (Å²) in [6.07, 6.45) is 2.71. The molecule has 2 fully saturated rings. The summed E-state index contributed by atoms with van der Waals surface area (Å²) in [7, 11) is 0. The fourth-order valence-electron chi connectivity index (χ4n) is 3.63. The average Bonchev–Trinajstić information content (AvgIpc) is 2.87. The van der Waals surface area contributed by atoms with E-state index in [2.05, 4.69) is 11.0 Å². The number of anilines is 1. The second-order valence-corrected chi connectivity index (χ2v) is 6.21. The van der Waals surface area contributed by atoms with Crippen LogP contribution in [-0.4, -0.2) is 48.7 Å². The molecular formula is C15H22BrN3O2. The molecule has 2 aliphatic heterocycles. The largest absolute Gasteiger partial charge is 1.00 e. The SMILES string of the molecule is Cc1cc(N2CC[N+]3(CCCC3)CC2)cc([N+](=O)[O-])c1.[Br-]. The van der Waals surface area contributed by atoms with Gasteiger partial charge in [0.2, 0.25) is 0 Å². The summed E-state index contributed by atoms with van der Waals surface area (Å²) in [5.74, 6) is 0. The van der Waals surface area contributed by atoms with E-state index in [4.69, 9.17) is 0 Å². The van der Waals surface area contributed by atoms with E-state index in [1.165, 1.54) is 43.5 Å². The second-order valence-electron chi connectivity index (χ2n) is 6.21. The monoisotopic (exact) mass is 355 g/mol. The number of piperazine rings is 1. The normalized spacial score (nSPS) is 20.3. The highest BCUT2D eigenvalue weighted by atomic mass is 79.9. The maximum atomic E-state index is 11.0. The van der Waals surface area contributed by atoms with Gasteiger partial charge in [-0.15, -0.1) is 0 Å². The van der Waals surface area contributed by atoms with Crippen LogP contribution < -0.4 is 21.9 Å². The van der Waals surface area contributed by atoms with Crippen LogP contribution in [0, 0.1) is 17.0 Å². The fraction of sp³-hybridized carbons (Fsp3) is 0.600. The Morgan fingerprint density at radius 2 is 1.71 bits per heavy atom. The summed E-state index contributed by atoms with van der Waals surface area (Å²) in [5, 5.41) is 11.0. The minimum atomic E-state index is -0.297.